The number of thiophene rings is 1. The number of carbonyl (C=O) groups excluding carboxylic acids is 2. The second-order valence-corrected chi connectivity index (χ2v) is 6.32. The van der Waals surface area contributed by atoms with Gasteiger partial charge in [-0.1, -0.05) is 0 Å². The predicted molar refractivity (Wildman–Crippen MR) is 93.3 cm³/mol. The Bertz CT molecular complexity index is 530. The summed E-state index contributed by atoms with van der Waals surface area (Å²) in [6.07, 6.45) is -0.580. The molecule has 0 aromatic carbocycles. The molecule has 2 rings (SSSR count). The molecule has 9 heteroatoms. The average molecular weight is 371 g/mol. The molecule has 2 N–H and O–H groups in total. The largest absolute Gasteiger partial charge is 0.379 e. The zero-order chi connectivity index (χ0) is 18.1. The lowest BCUT2D eigenvalue weighted by atomic mass is 10.1. The van der Waals surface area contributed by atoms with Crippen LogP contribution in [0, 0.1) is 0 Å². The van der Waals surface area contributed by atoms with E-state index in [1.165, 1.54) is 14.2 Å². The maximum atomic E-state index is 12.0. The number of nitrogens with one attached hydrogen (secondary N) is 2. The van der Waals surface area contributed by atoms with Crippen LogP contribution in [0.5, 0.6) is 0 Å². The maximum Gasteiger partial charge on any atom is 0.309 e. The van der Waals surface area contributed by atoms with Crippen molar-refractivity contribution in [1.82, 2.24) is 15.5 Å². The van der Waals surface area contributed by atoms with Gasteiger partial charge in [-0.3, -0.25) is 14.5 Å². The molecule has 1 aliphatic rings. The first-order valence-electron chi connectivity index (χ1n) is 8.11. The van der Waals surface area contributed by atoms with E-state index in [2.05, 4.69) is 20.9 Å². The molecule has 1 aromatic heterocycles. The van der Waals surface area contributed by atoms with Crippen molar-refractivity contribution >= 4 is 23.2 Å². The van der Waals surface area contributed by atoms with Crippen LogP contribution in [0.25, 0.3) is 0 Å². The summed E-state index contributed by atoms with van der Waals surface area (Å²) in [6, 6.07) is 2.07. The highest BCUT2D eigenvalue weighted by Crippen LogP contribution is 2.23. The van der Waals surface area contributed by atoms with Crippen molar-refractivity contribution in [1.29, 1.82) is 0 Å². The van der Waals surface area contributed by atoms with Crippen LogP contribution in [0.1, 0.15) is 11.6 Å². The molecule has 1 saturated heterocycles. The molecule has 1 unspecified atom stereocenters. The van der Waals surface area contributed by atoms with Crippen LogP contribution in [0.4, 0.5) is 0 Å². The molecule has 0 aliphatic carbocycles. The van der Waals surface area contributed by atoms with E-state index < -0.39 is 18.1 Å². The molecule has 0 saturated carbocycles. The summed E-state index contributed by atoms with van der Waals surface area (Å²) in [5.41, 5.74) is 1.13. The lowest BCUT2D eigenvalue weighted by molar-refractivity contribution is -0.142. The molecular formula is C16H25N3O5S. The van der Waals surface area contributed by atoms with E-state index >= 15 is 0 Å². The van der Waals surface area contributed by atoms with E-state index in [1.54, 1.807) is 11.3 Å². The zero-order valence-corrected chi connectivity index (χ0v) is 15.3. The quantitative estimate of drug-likeness (QED) is 0.493. The normalized spacial score (nSPS) is 16.6. The summed E-state index contributed by atoms with van der Waals surface area (Å²) in [7, 11) is 2.93. The fourth-order valence-electron chi connectivity index (χ4n) is 2.60. The van der Waals surface area contributed by atoms with Crippen LogP contribution in [0.15, 0.2) is 16.8 Å². The van der Waals surface area contributed by atoms with Crippen molar-refractivity contribution in [3.63, 3.8) is 0 Å². The summed E-state index contributed by atoms with van der Waals surface area (Å²) < 4.78 is 15.3. The van der Waals surface area contributed by atoms with Crippen LogP contribution in [-0.4, -0.2) is 76.6 Å². The number of hydrogen-bond donors (Lipinski definition) is 2. The first kappa shape index (κ1) is 19.8. The smallest absolute Gasteiger partial charge is 0.309 e. The molecule has 1 atom stereocenters. The van der Waals surface area contributed by atoms with Crippen LogP contribution < -0.4 is 10.6 Å². The van der Waals surface area contributed by atoms with Gasteiger partial charge in [0, 0.05) is 33.9 Å². The van der Waals surface area contributed by atoms with Crippen molar-refractivity contribution in [2.75, 3.05) is 53.6 Å². The number of morpholine rings is 1. The SMILES string of the molecule is COC(CNC(=O)C(=O)NCC(c1ccsc1)N1CCOCC1)OC. The molecule has 1 aromatic rings. The lowest BCUT2D eigenvalue weighted by Gasteiger charge is -2.34. The van der Waals surface area contributed by atoms with E-state index in [-0.39, 0.29) is 12.6 Å². The second kappa shape index (κ2) is 10.5. The highest BCUT2D eigenvalue weighted by molar-refractivity contribution is 7.07. The number of nitrogens with zero attached hydrogens (tertiary/aromatic N) is 1. The number of amides is 2. The Morgan fingerprint density at radius 3 is 2.40 bits per heavy atom. The van der Waals surface area contributed by atoms with Crippen molar-refractivity contribution in [2.24, 2.45) is 0 Å². The van der Waals surface area contributed by atoms with Gasteiger partial charge in [0.2, 0.25) is 0 Å². The third-order valence-corrected chi connectivity index (χ3v) is 4.73. The van der Waals surface area contributed by atoms with Crippen LogP contribution in [0.2, 0.25) is 0 Å². The van der Waals surface area contributed by atoms with Gasteiger partial charge >= 0.3 is 11.8 Å². The Labute approximate surface area is 151 Å². The van der Waals surface area contributed by atoms with E-state index in [9.17, 15) is 9.59 Å². The van der Waals surface area contributed by atoms with E-state index in [4.69, 9.17) is 14.2 Å². The van der Waals surface area contributed by atoms with Crippen LogP contribution in [0.3, 0.4) is 0 Å². The fraction of sp³-hybridized carbons (Fsp3) is 0.625. The standard InChI is InChI=1S/C16H25N3O5S/c1-22-14(23-2)10-18-16(21)15(20)17-9-13(12-3-8-25-11-12)19-4-6-24-7-5-19/h3,8,11,13-14H,4-7,9-10H2,1-2H3,(H,17,20)(H,18,21). The van der Waals surface area contributed by atoms with Gasteiger partial charge in [0.15, 0.2) is 6.29 Å². The van der Waals surface area contributed by atoms with Gasteiger partial charge < -0.3 is 24.8 Å². The zero-order valence-electron chi connectivity index (χ0n) is 14.5. The third kappa shape index (κ3) is 6.05. The van der Waals surface area contributed by atoms with E-state index in [0.717, 1.165) is 18.7 Å². The van der Waals surface area contributed by atoms with Crippen molar-refractivity contribution in [3.05, 3.63) is 22.4 Å². The molecule has 140 valence electrons. The van der Waals surface area contributed by atoms with Gasteiger partial charge in [0.25, 0.3) is 0 Å². The maximum absolute atomic E-state index is 12.0. The van der Waals surface area contributed by atoms with Crippen LogP contribution in [-0.2, 0) is 23.8 Å². The van der Waals surface area contributed by atoms with Crippen molar-refractivity contribution in [3.8, 4) is 0 Å². The second-order valence-electron chi connectivity index (χ2n) is 5.54. The molecule has 1 aliphatic heterocycles. The van der Waals surface area contributed by atoms with Gasteiger partial charge in [0.05, 0.1) is 25.8 Å². The summed E-state index contributed by atoms with van der Waals surface area (Å²) in [5, 5.41) is 9.28. The summed E-state index contributed by atoms with van der Waals surface area (Å²) in [5.74, 6) is -1.37. The van der Waals surface area contributed by atoms with Gasteiger partial charge in [-0.2, -0.15) is 11.3 Å². The summed E-state index contributed by atoms with van der Waals surface area (Å²) in [4.78, 5) is 26.2. The van der Waals surface area contributed by atoms with Gasteiger partial charge in [-0.25, -0.2) is 0 Å². The molecule has 2 amide bonds. The predicted octanol–water partition coefficient (Wildman–Crippen LogP) is -0.0273. The Kier molecular flexibility index (Phi) is 8.29. The number of rotatable bonds is 8. The first-order valence-corrected chi connectivity index (χ1v) is 9.05. The average Bonchev–Trinajstić information content (AvgIpc) is 3.17. The Morgan fingerprint density at radius 1 is 1.20 bits per heavy atom. The highest BCUT2D eigenvalue weighted by atomic mass is 32.1. The van der Waals surface area contributed by atoms with E-state index in [0.29, 0.717) is 19.8 Å². The fourth-order valence-corrected chi connectivity index (χ4v) is 3.31. The molecule has 8 nitrogen and oxygen atoms in total. The number of carbonyl (C=O) groups is 2. The first-order chi connectivity index (χ1) is 12.2. The number of ether oxygens (including phenoxy) is 3. The van der Waals surface area contributed by atoms with Crippen LogP contribution >= 0.6 is 11.3 Å². The highest BCUT2D eigenvalue weighted by Gasteiger charge is 2.24. The molecule has 2 heterocycles. The minimum atomic E-state index is -0.704. The molecule has 0 radical (unpaired) electrons. The molecular weight excluding hydrogens is 346 g/mol. The van der Waals surface area contributed by atoms with Crippen molar-refractivity contribution < 1.29 is 23.8 Å². The Balaban J connectivity index is 1.86. The van der Waals surface area contributed by atoms with Crippen molar-refractivity contribution in [2.45, 2.75) is 12.3 Å². The number of hydrogen-bond acceptors (Lipinski definition) is 7. The molecule has 0 bridgehead atoms. The van der Waals surface area contributed by atoms with Gasteiger partial charge in [0.1, 0.15) is 0 Å². The Hall–Kier alpha value is -1.52. The molecule has 25 heavy (non-hydrogen) atoms. The monoisotopic (exact) mass is 371 g/mol. The minimum Gasteiger partial charge on any atom is -0.379 e. The molecule has 0 spiro atoms. The minimum absolute atomic E-state index is 0.0256. The van der Waals surface area contributed by atoms with Gasteiger partial charge in [-0.15, -0.1) is 0 Å². The number of methoxy groups -OCH3 is 2. The molecule has 1 fully saturated rings. The summed E-state index contributed by atoms with van der Waals surface area (Å²) in [6.45, 7) is 3.41. The lowest BCUT2D eigenvalue weighted by Crippen LogP contribution is -2.47. The van der Waals surface area contributed by atoms with E-state index in [1.807, 2.05) is 11.4 Å². The summed E-state index contributed by atoms with van der Waals surface area (Å²) >= 11 is 1.61. The topological polar surface area (TPSA) is 89.1 Å². The third-order valence-electron chi connectivity index (χ3n) is 4.03. The van der Waals surface area contributed by atoms with Gasteiger partial charge in [-0.05, 0) is 22.4 Å². The Morgan fingerprint density at radius 2 is 1.84 bits per heavy atom.